The van der Waals surface area contributed by atoms with Gasteiger partial charge in [-0.2, -0.15) is 0 Å². The maximum atomic E-state index is 14.0. The van der Waals surface area contributed by atoms with Gasteiger partial charge in [0, 0.05) is 36.4 Å². The zero-order valence-corrected chi connectivity index (χ0v) is 24.1. The second kappa shape index (κ2) is 9.73. The van der Waals surface area contributed by atoms with Crippen LogP contribution in [-0.2, 0) is 9.53 Å². The van der Waals surface area contributed by atoms with Gasteiger partial charge in [-0.15, -0.1) is 11.3 Å². The molecule has 5 aliphatic rings. The van der Waals surface area contributed by atoms with E-state index < -0.39 is 0 Å². The summed E-state index contributed by atoms with van der Waals surface area (Å²) in [5.41, 5.74) is 3.18. The summed E-state index contributed by atoms with van der Waals surface area (Å²) in [6, 6.07) is 7.80. The van der Waals surface area contributed by atoms with E-state index in [2.05, 4.69) is 37.6 Å². The summed E-state index contributed by atoms with van der Waals surface area (Å²) in [5.74, 6) is 1.74. The number of hydrogen-bond donors (Lipinski definition) is 0. The molecule has 4 unspecified atom stereocenters. The highest BCUT2D eigenvalue weighted by molar-refractivity contribution is 7.11. The van der Waals surface area contributed by atoms with Gasteiger partial charge in [-0.25, -0.2) is 0 Å². The lowest BCUT2D eigenvalue weighted by Crippen LogP contribution is -2.57. The molecule has 3 saturated carbocycles. The van der Waals surface area contributed by atoms with Crippen LogP contribution in [0.1, 0.15) is 48.8 Å². The first-order valence-corrected chi connectivity index (χ1v) is 14.9. The van der Waals surface area contributed by atoms with Gasteiger partial charge >= 0.3 is 0 Å². The fourth-order valence-electron chi connectivity index (χ4n) is 7.28. The number of carbonyl (C=O) groups excluding carboxylic acids is 2. The third kappa shape index (κ3) is 4.21. The van der Waals surface area contributed by atoms with Crippen molar-refractivity contribution in [2.45, 2.75) is 46.6 Å². The van der Waals surface area contributed by atoms with Crippen LogP contribution in [0.5, 0.6) is 0 Å². The van der Waals surface area contributed by atoms with E-state index in [1.54, 1.807) is 9.80 Å². The number of aryl methyl sites for hydroxylation is 1. The molecule has 4 atom stereocenters. The van der Waals surface area contributed by atoms with Crippen LogP contribution in [0.25, 0.3) is 0 Å². The highest BCUT2D eigenvalue weighted by Crippen LogP contribution is 2.61. The number of anilines is 3. The van der Waals surface area contributed by atoms with Gasteiger partial charge in [-0.3, -0.25) is 24.3 Å². The molecule has 3 aliphatic carbocycles. The van der Waals surface area contributed by atoms with Crippen LogP contribution < -0.4 is 9.80 Å². The van der Waals surface area contributed by atoms with Crippen molar-refractivity contribution in [2.24, 2.45) is 23.2 Å². The lowest BCUT2D eigenvalue weighted by atomic mass is 9.45. The van der Waals surface area contributed by atoms with Crippen LogP contribution in [0.15, 0.2) is 29.6 Å². The van der Waals surface area contributed by atoms with Gasteiger partial charge in [-0.05, 0) is 62.1 Å². The number of piperazine rings is 1. The third-order valence-electron chi connectivity index (χ3n) is 9.96. The summed E-state index contributed by atoms with van der Waals surface area (Å²) in [6.07, 6.45) is 2.49. The average Bonchev–Trinajstić information content (AvgIpc) is 3.22. The smallest absolute Gasteiger partial charge is 0.263 e. The Balaban J connectivity index is 1.30. The zero-order chi connectivity index (χ0) is 26.8. The summed E-state index contributed by atoms with van der Waals surface area (Å²) < 4.78 is 6.55. The first-order valence-electron chi connectivity index (χ1n) is 14.0. The largest absolute Gasteiger partial charge is 0.357 e. The number of benzene rings is 1. The van der Waals surface area contributed by atoms with E-state index >= 15 is 0 Å². The number of nitrogens with zero attached hydrogens (tertiary/aromatic N) is 4. The van der Waals surface area contributed by atoms with E-state index in [0.717, 1.165) is 54.5 Å². The van der Waals surface area contributed by atoms with Crippen LogP contribution in [0.2, 0.25) is 0 Å². The molecule has 0 N–H and O–H groups in total. The predicted octanol–water partition coefficient (Wildman–Crippen LogP) is 4.97. The number of ether oxygens (including phenoxy) is 1. The van der Waals surface area contributed by atoms with E-state index in [0.29, 0.717) is 35.3 Å². The van der Waals surface area contributed by atoms with E-state index in [-0.39, 0.29) is 24.6 Å². The minimum Gasteiger partial charge on any atom is -0.357 e. The lowest BCUT2D eigenvalue weighted by molar-refractivity contribution is -0.171. The fourth-order valence-corrected chi connectivity index (χ4v) is 8.10. The molecule has 204 valence electrons. The number of thiophene rings is 1. The Labute approximate surface area is 230 Å². The molecule has 4 fully saturated rings. The van der Waals surface area contributed by atoms with Crippen LogP contribution in [-0.4, -0.2) is 74.2 Å². The topological polar surface area (TPSA) is 56.3 Å². The monoisotopic (exact) mass is 536 g/mol. The molecule has 1 aromatic carbocycles. The number of amides is 2. The molecule has 38 heavy (non-hydrogen) atoms. The molecule has 7 rings (SSSR count). The van der Waals surface area contributed by atoms with Crippen molar-refractivity contribution in [3.63, 3.8) is 0 Å². The Morgan fingerprint density at radius 1 is 1.11 bits per heavy atom. The Morgan fingerprint density at radius 3 is 2.50 bits per heavy atom. The molecule has 1 aromatic heterocycles. The summed E-state index contributed by atoms with van der Waals surface area (Å²) in [4.78, 5) is 37.0. The predicted molar refractivity (Wildman–Crippen MR) is 152 cm³/mol. The van der Waals surface area contributed by atoms with Crippen molar-refractivity contribution in [3.05, 3.63) is 40.1 Å². The fraction of sp³-hybridized carbons (Fsp3) is 0.600. The number of para-hydroxylation sites is 2. The summed E-state index contributed by atoms with van der Waals surface area (Å²) in [6.45, 7) is 13.3. The Kier molecular flexibility index (Phi) is 6.66. The number of carbonyl (C=O) groups is 2. The Morgan fingerprint density at radius 2 is 1.82 bits per heavy atom. The standard InChI is InChI=1S/C30H40N4O3S/c1-19-23-14-21(30(23,3)4)15-26(19)37-18-33-24-8-6-7-9-25(24)34(28-20(2)38-17-22(28)29(33)36)27(35)16-32-12-10-31(5)11-13-32/h6-9,17,19,21,23,26H,10-16,18H2,1-5H3. The normalized spacial score (nSPS) is 28.9. The number of fused-ring (bicyclic) bond motifs is 4. The second-order valence-electron chi connectivity index (χ2n) is 12.4. The molecule has 1 saturated heterocycles. The van der Waals surface area contributed by atoms with Gasteiger partial charge < -0.3 is 9.64 Å². The summed E-state index contributed by atoms with van der Waals surface area (Å²) in [5, 5.41) is 1.91. The molecular formula is C30H40N4O3S. The lowest BCUT2D eigenvalue weighted by Gasteiger charge is -2.61. The van der Waals surface area contributed by atoms with Crippen LogP contribution >= 0.6 is 11.3 Å². The van der Waals surface area contributed by atoms with E-state index in [1.165, 1.54) is 17.8 Å². The van der Waals surface area contributed by atoms with Gasteiger partial charge in [0.2, 0.25) is 5.91 Å². The molecule has 2 amide bonds. The van der Waals surface area contributed by atoms with Gasteiger partial charge in [-0.1, -0.05) is 32.9 Å². The van der Waals surface area contributed by atoms with Crippen molar-refractivity contribution in [3.8, 4) is 0 Å². The van der Waals surface area contributed by atoms with Gasteiger partial charge in [0.05, 0.1) is 35.3 Å². The summed E-state index contributed by atoms with van der Waals surface area (Å²) in [7, 11) is 2.12. The summed E-state index contributed by atoms with van der Waals surface area (Å²) >= 11 is 1.53. The van der Waals surface area contributed by atoms with Crippen molar-refractivity contribution >= 4 is 40.2 Å². The zero-order valence-electron chi connectivity index (χ0n) is 23.3. The van der Waals surface area contributed by atoms with Gasteiger partial charge in [0.1, 0.15) is 6.73 Å². The minimum atomic E-state index is -0.0966. The molecule has 3 heterocycles. The maximum Gasteiger partial charge on any atom is 0.263 e. The quantitative estimate of drug-likeness (QED) is 0.540. The first-order chi connectivity index (χ1) is 18.2. The Bertz CT molecular complexity index is 1230. The Hall–Kier alpha value is -2.26. The number of likely N-dealkylation sites (N-methyl/N-ethyl adjacent to an activating group) is 1. The van der Waals surface area contributed by atoms with Crippen LogP contribution in [0.4, 0.5) is 17.1 Å². The van der Waals surface area contributed by atoms with Crippen LogP contribution in [0, 0.1) is 30.1 Å². The number of rotatable bonds is 5. The van der Waals surface area contributed by atoms with Crippen LogP contribution in [0.3, 0.4) is 0 Å². The molecule has 0 spiro atoms. The highest BCUT2D eigenvalue weighted by atomic mass is 32.1. The van der Waals surface area contributed by atoms with E-state index in [9.17, 15) is 9.59 Å². The maximum absolute atomic E-state index is 14.0. The molecule has 0 radical (unpaired) electrons. The molecule has 8 heteroatoms. The molecular weight excluding hydrogens is 496 g/mol. The molecule has 2 bridgehead atoms. The van der Waals surface area contributed by atoms with Crippen molar-refractivity contribution in [1.82, 2.24) is 9.80 Å². The second-order valence-corrected chi connectivity index (χ2v) is 13.5. The van der Waals surface area contributed by atoms with E-state index in [4.69, 9.17) is 4.74 Å². The number of hydrogen-bond acceptors (Lipinski definition) is 6. The molecule has 7 nitrogen and oxygen atoms in total. The third-order valence-corrected chi connectivity index (χ3v) is 10.9. The average molecular weight is 537 g/mol. The van der Waals surface area contributed by atoms with Crippen molar-refractivity contribution in [1.29, 1.82) is 0 Å². The van der Waals surface area contributed by atoms with Crippen molar-refractivity contribution in [2.75, 3.05) is 56.3 Å². The first kappa shape index (κ1) is 26.0. The molecule has 2 aromatic rings. The van der Waals surface area contributed by atoms with E-state index in [1.807, 2.05) is 36.6 Å². The highest BCUT2D eigenvalue weighted by Gasteiger charge is 2.56. The molecule has 2 aliphatic heterocycles. The van der Waals surface area contributed by atoms with Gasteiger partial charge in [0.25, 0.3) is 5.91 Å². The minimum absolute atomic E-state index is 0.00328. The van der Waals surface area contributed by atoms with Crippen molar-refractivity contribution < 1.29 is 14.3 Å². The SMILES string of the molecule is Cc1scc2c1N(C(=O)CN1CCN(C)CC1)c1ccccc1N(COC1CC3CC(C1C)C3(C)C)C2=O. The van der Waals surface area contributed by atoms with Gasteiger partial charge in [0.15, 0.2) is 0 Å².